The van der Waals surface area contributed by atoms with Crippen molar-refractivity contribution >= 4 is 17.8 Å². The number of pyridine rings is 1. The Balaban J connectivity index is 0.000000429. The zero-order chi connectivity index (χ0) is 25.6. The van der Waals surface area contributed by atoms with E-state index in [9.17, 15) is 27.2 Å². The lowest BCUT2D eigenvalue weighted by molar-refractivity contribution is -0.192. The topological polar surface area (TPSA) is 99.6 Å². The van der Waals surface area contributed by atoms with Gasteiger partial charge >= 0.3 is 12.1 Å². The fraction of sp³-hybridized carbons (Fsp3) is 0.417. The molecule has 2 aliphatic rings. The number of amides is 2. The van der Waals surface area contributed by atoms with Gasteiger partial charge in [-0.25, -0.2) is 9.18 Å². The molecule has 0 radical (unpaired) electrons. The van der Waals surface area contributed by atoms with Gasteiger partial charge in [-0.15, -0.1) is 0 Å². The maximum absolute atomic E-state index is 13.3. The molecule has 2 amide bonds. The molecule has 1 saturated carbocycles. The predicted octanol–water partition coefficient (Wildman–Crippen LogP) is 3.60. The second kappa shape index (κ2) is 10.8. The van der Waals surface area contributed by atoms with E-state index in [0.717, 1.165) is 38.8 Å². The number of benzene rings is 1. The van der Waals surface area contributed by atoms with Crippen molar-refractivity contribution in [2.75, 3.05) is 13.1 Å². The summed E-state index contributed by atoms with van der Waals surface area (Å²) >= 11 is 0. The summed E-state index contributed by atoms with van der Waals surface area (Å²) in [6.07, 6.45) is 2.23. The third-order valence-electron chi connectivity index (χ3n) is 6.28. The molecule has 35 heavy (non-hydrogen) atoms. The van der Waals surface area contributed by atoms with Crippen LogP contribution in [0.4, 0.5) is 17.6 Å². The molecule has 1 saturated heterocycles. The number of alkyl halides is 3. The number of likely N-dealkylation sites (tertiary alicyclic amines) is 1. The van der Waals surface area contributed by atoms with Crippen LogP contribution < -0.4 is 5.32 Å². The van der Waals surface area contributed by atoms with E-state index in [1.54, 1.807) is 36.7 Å². The fourth-order valence-electron chi connectivity index (χ4n) is 4.43. The lowest BCUT2D eigenvalue weighted by Crippen LogP contribution is -2.55. The highest BCUT2D eigenvalue weighted by Gasteiger charge is 2.46. The number of carbonyl (C=O) groups excluding carboxylic acids is 2. The van der Waals surface area contributed by atoms with Gasteiger partial charge in [0.25, 0.3) is 5.91 Å². The van der Waals surface area contributed by atoms with Gasteiger partial charge < -0.3 is 15.3 Å². The minimum absolute atomic E-state index is 0.0567. The van der Waals surface area contributed by atoms with Crippen LogP contribution in [0.1, 0.15) is 41.6 Å². The largest absolute Gasteiger partial charge is 0.490 e. The SMILES string of the molecule is O=C(NC1CC2(CCN(C(=O)Cc3cccc(F)c3)CC2)C1)c1cccnc1.O=C(O)C(F)(F)F. The molecule has 1 aliphatic carbocycles. The van der Waals surface area contributed by atoms with Gasteiger partial charge in [-0.05, 0) is 60.9 Å². The number of aliphatic carboxylic acids is 1. The van der Waals surface area contributed by atoms with E-state index in [2.05, 4.69) is 10.3 Å². The molecular formula is C24H25F4N3O4. The summed E-state index contributed by atoms with van der Waals surface area (Å²) in [6.45, 7) is 1.47. The summed E-state index contributed by atoms with van der Waals surface area (Å²) in [5, 5.41) is 10.2. The average Bonchev–Trinajstić information content (AvgIpc) is 2.79. The van der Waals surface area contributed by atoms with Crippen molar-refractivity contribution in [3.05, 3.63) is 65.7 Å². The van der Waals surface area contributed by atoms with Gasteiger partial charge in [-0.2, -0.15) is 13.2 Å². The Morgan fingerprint density at radius 1 is 1.11 bits per heavy atom. The van der Waals surface area contributed by atoms with E-state index in [-0.39, 0.29) is 35.5 Å². The molecule has 4 rings (SSSR count). The number of piperidine rings is 1. The van der Waals surface area contributed by atoms with Crippen LogP contribution in [0.15, 0.2) is 48.8 Å². The Kier molecular flexibility index (Phi) is 8.08. The van der Waals surface area contributed by atoms with E-state index in [1.165, 1.54) is 12.1 Å². The van der Waals surface area contributed by atoms with Crippen molar-refractivity contribution in [1.82, 2.24) is 15.2 Å². The number of hydrogen-bond acceptors (Lipinski definition) is 4. The van der Waals surface area contributed by atoms with Crippen LogP contribution in [0.5, 0.6) is 0 Å². The van der Waals surface area contributed by atoms with E-state index in [1.807, 2.05) is 4.90 Å². The van der Waals surface area contributed by atoms with Gasteiger partial charge in [0.05, 0.1) is 12.0 Å². The van der Waals surface area contributed by atoms with Crippen LogP contribution in [0, 0.1) is 11.2 Å². The van der Waals surface area contributed by atoms with E-state index in [0.29, 0.717) is 11.1 Å². The number of halogens is 4. The fourth-order valence-corrected chi connectivity index (χ4v) is 4.43. The second-order valence-corrected chi connectivity index (χ2v) is 8.81. The van der Waals surface area contributed by atoms with Gasteiger partial charge in [0.1, 0.15) is 5.82 Å². The molecule has 2 heterocycles. The number of hydrogen-bond donors (Lipinski definition) is 2. The standard InChI is InChI=1S/C22H24FN3O2.C2HF3O2/c23-18-5-1-3-16(11-18)12-20(27)26-9-6-22(7-10-26)13-19(14-22)25-21(28)17-4-2-8-24-15-17;3-2(4,5)1(6)7/h1-5,8,11,15,19H,6-7,9-10,12-14H2,(H,25,28);(H,6,7). The van der Waals surface area contributed by atoms with Crippen molar-refractivity contribution < 1.29 is 37.1 Å². The summed E-state index contributed by atoms with van der Waals surface area (Å²) < 4.78 is 45.0. The van der Waals surface area contributed by atoms with Gasteiger partial charge in [0.15, 0.2) is 0 Å². The Hall–Kier alpha value is -3.50. The van der Waals surface area contributed by atoms with E-state index in [4.69, 9.17) is 9.90 Å². The number of aromatic nitrogens is 1. The Morgan fingerprint density at radius 3 is 2.31 bits per heavy atom. The first-order chi connectivity index (χ1) is 16.5. The number of rotatable bonds is 4. The number of nitrogens with zero attached hydrogens (tertiary/aromatic N) is 2. The van der Waals surface area contributed by atoms with Crippen LogP contribution in [-0.2, 0) is 16.0 Å². The number of carboxylic acids is 1. The molecule has 1 aliphatic heterocycles. The molecule has 0 atom stereocenters. The maximum Gasteiger partial charge on any atom is 0.490 e. The Bertz CT molecular complexity index is 1050. The maximum atomic E-state index is 13.3. The molecule has 1 aromatic carbocycles. The quantitative estimate of drug-likeness (QED) is 0.632. The van der Waals surface area contributed by atoms with Crippen LogP contribution in [0.2, 0.25) is 0 Å². The lowest BCUT2D eigenvalue weighted by atomic mass is 9.60. The monoisotopic (exact) mass is 495 g/mol. The normalized spacial score (nSPS) is 17.1. The minimum Gasteiger partial charge on any atom is -0.475 e. The van der Waals surface area contributed by atoms with Crippen molar-refractivity contribution in [2.24, 2.45) is 5.41 Å². The first-order valence-electron chi connectivity index (χ1n) is 11.0. The molecule has 2 fully saturated rings. The zero-order valence-corrected chi connectivity index (χ0v) is 18.7. The highest BCUT2D eigenvalue weighted by molar-refractivity contribution is 5.94. The summed E-state index contributed by atoms with van der Waals surface area (Å²) in [7, 11) is 0. The third-order valence-corrected chi connectivity index (χ3v) is 6.28. The molecular weight excluding hydrogens is 470 g/mol. The first kappa shape index (κ1) is 26.1. The Morgan fingerprint density at radius 2 is 1.77 bits per heavy atom. The van der Waals surface area contributed by atoms with Crippen molar-refractivity contribution in [3.63, 3.8) is 0 Å². The highest BCUT2D eigenvalue weighted by Crippen LogP contribution is 2.49. The molecule has 2 aromatic rings. The first-order valence-corrected chi connectivity index (χ1v) is 11.0. The molecule has 11 heteroatoms. The van der Waals surface area contributed by atoms with Crippen LogP contribution >= 0.6 is 0 Å². The van der Waals surface area contributed by atoms with Crippen molar-refractivity contribution in [1.29, 1.82) is 0 Å². The molecule has 1 spiro atoms. The van der Waals surface area contributed by atoms with Gasteiger partial charge in [-0.1, -0.05) is 12.1 Å². The summed E-state index contributed by atoms with van der Waals surface area (Å²) in [6, 6.07) is 9.95. The minimum atomic E-state index is -5.08. The smallest absolute Gasteiger partial charge is 0.475 e. The molecule has 0 bridgehead atoms. The van der Waals surface area contributed by atoms with Gasteiger partial charge in [0, 0.05) is 31.5 Å². The Labute approximate surface area is 199 Å². The highest BCUT2D eigenvalue weighted by atomic mass is 19.4. The van der Waals surface area contributed by atoms with E-state index >= 15 is 0 Å². The zero-order valence-electron chi connectivity index (χ0n) is 18.7. The third kappa shape index (κ3) is 7.24. The van der Waals surface area contributed by atoms with Crippen LogP contribution in [-0.4, -0.2) is 58.1 Å². The molecule has 188 valence electrons. The summed E-state index contributed by atoms with van der Waals surface area (Å²) in [5.41, 5.74) is 1.54. The van der Waals surface area contributed by atoms with E-state index < -0.39 is 12.1 Å². The molecule has 7 nitrogen and oxygen atoms in total. The summed E-state index contributed by atoms with van der Waals surface area (Å²) in [5.74, 6) is -3.08. The molecule has 1 aromatic heterocycles. The van der Waals surface area contributed by atoms with Gasteiger partial charge in [-0.3, -0.25) is 14.6 Å². The van der Waals surface area contributed by atoms with Crippen LogP contribution in [0.3, 0.4) is 0 Å². The lowest BCUT2D eigenvalue weighted by Gasteiger charge is -2.52. The average molecular weight is 495 g/mol. The number of carboxylic acid groups (broad SMARTS) is 1. The molecule has 2 N–H and O–H groups in total. The second-order valence-electron chi connectivity index (χ2n) is 8.81. The summed E-state index contributed by atoms with van der Waals surface area (Å²) in [4.78, 5) is 39.5. The van der Waals surface area contributed by atoms with Crippen LogP contribution in [0.25, 0.3) is 0 Å². The molecule has 0 unspecified atom stereocenters. The van der Waals surface area contributed by atoms with Crippen molar-refractivity contribution in [2.45, 2.75) is 44.3 Å². The number of carbonyl (C=O) groups is 3. The van der Waals surface area contributed by atoms with Crippen molar-refractivity contribution in [3.8, 4) is 0 Å². The number of nitrogens with one attached hydrogen (secondary N) is 1. The predicted molar refractivity (Wildman–Crippen MR) is 117 cm³/mol. The van der Waals surface area contributed by atoms with Gasteiger partial charge in [0.2, 0.25) is 5.91 Å².